The van der Waals surface area contributed by atoms with Crippen LogP contribution in [-0.2, 0) is 0 Å². The van der Waals surface area contributed by atoms with Crippen LogP contribution in [0, 0.1) is 11.3 Å². The molecule has 0 aliphatic carbocycles. The predicted octanol–water partition coefficient (Wildman–Crippen LogP) is -0.0354. The summed E-state index contributed by atoms with van der Waals surface area (Å²) in [5.74, 6) is 1.35. The fraction of sp³-hybridized carbons (Fsp3) is 0.889. The van der Waals surface area contributed by atoms with Crippen LogP contribution in [0.4, 0.5) is 0 Å². The third-order valence-corrected chi connectivity index (χ3v) is 2.82. The lowest BCUT2D eigenvalue weighted by molar-refractivity contribution is 0.113. The first-order valence-corrected chi connectivity index (χ1v) is 5.89. The molecule has 82 valence electrons. The highest BCUT2D eigenvalue weighted by Gasteiger charge is 2.06. The van der Waals surface area contributed by atoms with Crippen LogP contribution < -0.4 is 5.32 Å². The SMILES string of the molecule is CCNC(C#N)CCSCC(O)CO. The molecule has 0 aromatic carbocycles. The summed E-state index contributed by atoms with van der Waals surface area (Å²) < 4.78 is 0. The Morgan fingerprint density at radius 1 is 1.57 bits per heavy atom. The second-order valence-corrected chi connectivity index (χ2v) is 4.09. The van der Waals surface area contributed by atoms with Gasteiger partial charge in [-0.1, -0.05) is 6.92 Å². The van der Waals surface area contributed by atoms with Crippen LogP contribution in [0.15, 0.2) is 0 Å². The highest BCUT2D eigenvalue weighted by molar-refractivity contribution is 7.99. The van der Waals surface area contributed by atoms with Crippen LogP contribution in [0.25, 0.3) is 0 Å². The normalized spacial score (nSPS) is 14.7. The molecule has 14 heavy (non-hydrogen) atoms. The van der Waals surface area contributed by atoms with Gasteiger partial charge in [0.05, 0.1) is 24.8 Å². The summed E-state index contributed by atoms with van der Waals surface area (Å²) in [5, 5.41) is 29.3. The Balaban J connectivity index is 3.38. The third-order valence-electron chi connectivity index (χ3n) is 1.68. The summed E-state index contributed by atoms with van der Waals surface area (Å²) in [6.07, 6.45) is 0.132. The molecule has 4 nitrogen and oxygen atoms in total. The quantitative estimate of drug-likeness (QED) is 0.499. The van der Waals surface area contributed by atoms with Crippen LogP contribution in [0.3, 0.4) is 0 Å². The average molecular weight is 218 g/mol. The van der Waals surface area contributed by atoms with E-state index < -0.39 is 6.10 Å². The number of aliphatic hydroxyl groups excluding tert-OH is 2. The fourth-order valence-electron chi connectivity index (χ4n) is 0.932. The Bertz CT molecular complexity index is 173. The van der Waals surface area contributed by atoms with E-state index in [0.29, 0.717) is 5.75 Å². The molecule has 0 spiro atoms. The van der Waals surface area contributed by atoms with Crippen molar-refractivity contribution in [3.8, 4) is 6.07 Å². The molecule has 0 rings (SSSR count). The summed E-state index contributed by atoms with van der Waals surface area (Å²) in [6.45, 7) is 2.57. The van der Waals surface area contributed by atoms with Gasteiger partial charge in [0.25, 0.3) is 0 Å². The molecule has 0 aliphatic rings. The maximum atomic E-state index is 9.03. The molecule has 5 heteroatoms. The van der Waals surface area contributed by atoms with Crippen LogP contribution in [-0.4, -0.2) is 47.0 Å². The number of aliphatic hydroxyl groups is 2. The second kappa shape index (κ2) is 9.28. The van der Waals surface area contributed by atoms with Crippen LogP contribution in [0.2, 0.25) is 0 Å². The van der Waals surface area contributed by atoms with Gasteiger partial charge in [-0.25, -0.2) is 0 Å². The maximum Gasteiger partial charge on any atom is 0.0960 e. The largest absolute Gasteiger partial charge is 0.394 e. The van der Waals surface area contributed by atoms with E-state index in [4.69, 9.17) is 15.5 Å². The minimum Gasteiger partial charge on any atom is -0.394 e. The standard InChI is InChI=1S/C9H18N2O2S/c1-2-11-8(5-10)3-4-14-7-9(13)6-12/h8-9,11-13H,2-4,6-7H2,1H3. The number of nitrogens with zero attached hydrogens (tertiary/aromatic N) is 1. The van der Waals surface area contributed by atoms with Gasteiger partial charge >= 0.3 is 0 Å². The Labute approximate surface area is 89.3 Å². The lowest BCUT2D eigenvalue weighted by Crippen LogP contribution is -2.27. The van der Waals surface area contributed by atoms with Crippen LogP contribution in [0.1, 0.15) is 13.3 Å². The first-order chi connectivity index (χ1) is 6.74. The van der Waals surface area contributed by atoms with Gasteiger partial charge in [-0.05, 0) is 18.7 Å². The Morgan fingerprint density at radius 2 is 2.29 bits per heavy atom. The number of nitriles is 1. The van der Waals surface area contributed by atoms with Crippen molar-refractivity contribution in [2.75, 3.05) is 24.7 Å². The second-order valence-electron chi connectivity index (χ2n) is 2.94. The highest BCUT2D eigenvalue weighted by Crippen LogP contribution is 2.06. The zero-order valence-corrected chi connectivity index (χ0v) is 9.26. The predicted molar refractivity (Wildman–Crippen MR) is 58.1 cm³/mol. The van der Waals surface area contributed by atoms with E-state index in [0.717, 1.165) is 18.7 Å². The molecule has 0 aliphatic heterocycles. The number of thioether (sulfide) groups is 1. The molecule has 2 atom stereocenters. The molecular weight excluding hydrogens is 200 g/mol. The minimum atomic E-state index is -0.639. The van der Waals surface area contributed by atoms with Gasteiger partial charge in [0.2, 0.25) is 0 Å². The van der Waals surface area contributed by atoms with Crippen molar-refractivity contribution >= 4 is 11.8 Å². The van der Waals surface area contributed by atoms with Gasteiger partial charge in [-0.15, -0.1) is 0 Å². The molecule has 0 amide bonds. The van der Waals surface area contributed by atoms with E-state index in [1.807, 2.05) is 6.92 Å². The van der Waals surface area contributed by atoms with Gasteiger partial charge in [-0.2, -0.15) is 17.0 Å². The van der Waals surface area contributed by atoms with Crippen LogP contribution >= 0.6 is 11.8 Å². The topological polar surface area (TPSA) is 76.3 Å². The molecule has 0 fully saturated rings. The van der Waals surface area contributed by atoms with Crippen molar-refractivity contribution in [2.45, 2.75) is 25.5 Å². The smallest absolute Gasteiger partial charge is 0.0960 e. The van der Waals surface area contributed by atoms with Gasteiger partial charge in [0.15, 0.2) is 0 Å². The van der Waals surface area contributed by atoms with E-state index in [9.17, 15) is 0 Å². The van der Waals surface area contributed by atoms with Gasteiger partial charge < -0.3 is 15.5 Å². The summed E-state index contributed by atoms with van der Waals surface area (Å²) in [6, 6.07) is 2.07. The molecule has 0 saturated heterocycles. The summed E-state index contributed by atoms with van der Waals surface area (Å²) in [4.78, 5) is 0. The van der Waals surface area contributed by atoms with Gasteiger partial charge in [-0.3, -0.25) is 0 Å². The third kappa shape index (κ3) is 7.15. The highest BCUT2D eigenvalue weighted by atomic mass is 32.2. The Morgan fingerprint density at radius 3 is 2.79 bits per heavy atom. The molecular formula is C9H18N2O2S. The zero-order valence-electron chi connectivity index (χ0n) is 8.44. The molecule has 0 bridgehead atoms. The van der Waals surface area contributed by atoms with E-state index in [1.165, 1.54) is 0 Å². The molecule has 0 heterocycles. The summed E-state index contributed by atoms with van der Waals surface area (Å²) in [7, 11) is 0. The van der Waals surface area contributed by atoms with E-state index in [2.05, 4.69) is 11.4 Å². The van der Waals surface area contributed by atoms with E-state index in [-0.39, 0.29) is 12.6 Å². The van der Waals surface area contributed by atoms with Crippen molar-refractivity contribution < 1.29 is 10.2 Å². The number of rotatable bonds is 8. The summed E-state index contributed by atoms with van der Waals surface area (Å²) >= 11 is 1.55. The van der Waals surface area contributed by atoms with Crippen molar-refractivity contribution in [3.63, 3.8) is 0 Å². The zero-order chi connectivity index (χ0) is 10.8. The van der Waals surface area contributed by atoms with Crippen molar-refractivity contribution in [2.24, 2.45) is 0 Å². The molecule has 3 N–H and O–H groups in total. The molecule has 0 saturated carbocycles. The summed E-state index contributed by atoms with van der Waals surface area (Å²) in [5.41, 5.74) is 0. The van der Waals surface area contributed by atoms with Crippen molar-refractivity contribution in [1.82, 2.24) is 5.32 Å². The van der Waals surface area contributed by atoms with Gasteiger partial charge in [0, 0.05) is 5.75 Å². The Kier molecular flexibility index (Phi) is 9.10. The molecule has 0 aromatic rings. The molecule has 2 unspecified atom stereocenters. The molecule has 0 radical (unpaired) electrons. The monoisotopic (exact) mass is 218 g/mol. The van der Waals surface area contributed by atoms with E-state index >= 15 is 0 Å². The van der Waals surface area contributed by atoms with Crippen LogP contribution in [0.5, 0.6) is 0 Å². The van der Waals surface area contributed by atoms with Gasteiger partial charge in [0.1, 0.15) is 0 Å². The number of hydrogen-bond acceptors (Lipinski definition) is 5. The lowest BCUT2D eigenvalue weighted by Gasteiger charge is -2.10. The Hall–Kier alpha value is -0.280. The molecule has 0 aromatic heterocycles. The van der Waals surface area contributed by atoms with Crippen molar-refractivity contribution in [3.05, 3.63) is 0 Å². The average Bonchev–Trinajstić information content (AvgIpc) is 2.22. The maximum absolute atomic E-state index is 9.03. The number of nitrogens with one attached hydrogen (secondary N) is 1. The lowest BCUT2D eigenvalue weighted by atomic mass is 10.2. The first-order valence-electron chi connectivity index (χ1n) is 4.74. The van der Waals surface area contributed by atoms with Crippen molar-refractivity contribution in [1.29, 1.82) is 5.26 Å². The minimum absolute atomic E-state index is 0.0984. The fourth-order valence-corrected chi connectivity index (χ4v) is 1.88. The van der Waals surface area contributed by atoms with E-state index in [1.54, 1.807) is 11.8 Å². The first kappa shape index (κ1) is 13.7. The number of hydrogen-bond donors (Lipinski definition) is 3.